The summed E-state index contributed by atoms with van der Waals surface area (Å²) in [5.41, 5.74) is 0.804. The van der Waals surface area contributed by atoms with Crippen molar-refractivity contribution >= 4 is 23.2 Å². The molecule has 2 rings (SSSR count). The van der Waals surface area contributed by atoms with Crippen molar-refractivity contribution in [1.82, 2.24) is 0 Å². The van der Waals surface area contributed by atoms with Crippen molar-refractivity contribution < 1.29 is 18.4 Å². The molecule has 0 aliphatic carbocycles. The molecule has 0 saturated carbocycles. The number of nitrogens with one attached hydrogen (secondary N) is 2. The summed E-state index contributed by atoms with van der Waals surface area (Å²) in [7, 11) is 0. The zero-order chi connectivity index (χ0) is 16.1. The number of anilines is 2. The zero-order valence-electron chi connectivity index (χ0n) is 11.8. The molecule has 2 aromatic rings. The molecule has 0 aliphatic heterocycles. The van der Waals surface area contributed by atoms with E-state index in [2.05, 4.69) is 10.6 Å². The van der Waals surface area contributed by atoms with E-state index in [9.17, 15) is 18.4 Å². The van der Waals surface area contributed by atoms with Gasteiger partial charge in [-0.25, -0.2) is 8.78 Å². The van der Waals surface area contributed by atoms with Gasteiger partial charge in [0.25, 0.3) is 0 Å². The van der Waals surface area contributed by atoms with Crippen molar-refractivity contribution in [2.45, 2.75) is 13.3 Å². The summed E-state index contributed by atoms with van der Waals surface area (Å²) < 4.78 is 26.7. The maximum absolute atomic E-state index is 13.7. The Morgan fingerprint density at radius 3 is 2.50 bits per heavy atom. The van der Waals surface area contributed by atoms with Gasteiger partial charge < -0.3 is 10.6 Å². The molecule has 0 atom stereocenters. The van der Waals surface area contributed by atoms with Gasteiger partial charge in [0.1, 0.15) is 11.6 Å². The second-order valence-corrected chi connectivity index (χ2v) is 4.73. The van der Waals surface area contributed by atoms with Crippen LogP contribution in [0.15, 0.2) is 42.5 Å². The lowest BCUT2D eigenvalue weighted by Gasteiger charge is -2.09. The van der Waals surface area contributed by atoms with Crippen LogP contribution in [0.4, 0.5) is 20.2 Å². The van der Waals surface area contributed by atoms with Crippen LogP contribution in [0.2, 0.25) is 0 Å². The highest BCUT2D eigenvalue weighted by molar-refractivity contribution is 5.94. The minimum absolute atomic E-state index is 0.0485. The Hall–Kier alpha value is -2.76. The van der Waals surface area contributed by atoms with E-state index >= 15 is 0 Å². The summed E-state index contributed by atoms with van der Waals surface area (Å²) in [6.07, 6.45) is -0.0818. The molecule has 114 valence electrons. The highest BCUT2D eigenvalue weighted by Crippen LogP contribution is 2.20. The Bertz CT molecular complexity index is 717. The Morgan fingerprint density at radius 1 is 1.05 bits per heavy atom. The molecule has 0 bridgehead atoms. The van der Waals surface area contributed by atoms with Crippen LogP contribution in [-0.2, 0) is 16.0 Å². The second kappa shape index (κ2) is 6.80. The van der Waals surface area contributed by atoms with Crippen molar-refractivity contribution in [3.8, 4) is 0 Å². The fraction of sp³-hybridized carbons (Fsp3) is 0.125. The van der Waals surface area contributed by atoms with Crippen LogP contribution >= 0.6 is 0 Å². The van der Waals surface area contributed by atoms with E-state index in [1.165, 1.54) is 37.3 Å². The lowest BCUT2D eigenvalue weighted by Crippen LogP contribution is -2.16. The third-order valence-electron chi connectivity index (χ3n) is 2.81. The monoisotopic (exact) mass is 304 g/mol. The number of hydrogen-bond acceptors (Lipinski definition) is 2. The molecule has 0 aromatic heterocycles. The lowest BCUT2D eigenvalue weighted by atomic mass is 10.1. The molecule has 0 radical (unpaired) electrons. The van der Waals surface area contributed by atoms with Gasteiger partial charge in [-0.15, -0.1) is 0 Å². The first-order valence-corrected chi connectivity index (χ1v) is 6.55. The van der Waals surface area contributed by atoms with E-state index in [0.717, 1.165) is 6.07 Å². The fourth-order valence-electron chi connectivity index (χ4n) is 1.93. The average Bonchev–Trinajstić information content (AvgIpc) is 2.42. The third-order valence-corrected chi connectivity index (χ3v) is 2.81. The minimum atomic E-state index is -0.623. The maximum Gasteiger partial charge on any atom is 0.228 e. The summed E-state index contributed by atoms with van der Waals surface area (Å²) >= 11 is 0. The maximum atomic E-state index is 13.7. The van der Waals surface area contributed by atoms with E-state index in [4.69, 9.17) is 0 Å². The first kappa shape index (κ1) is 15.6. The fourth-order valence-corrected chi connectivity index (χ4v) is 1.93. The average molecular weight is 304 g/mol. The first-order chi connectivity index (χ1) is 10.4. The molecule has 0 heterocycles. The van der Waals surface area contributed by atoms with Crippen LogP contribution in [0.5, 0.6) is 0 Å². The van der Waals surface area contributed by atoms with E-state index in [-0.39, 0.29) is 18.0 Å². The minimum Gasteiger partial charge on any atom is -0.326 e. The SMILES string of the molecule is CC(=O)Nc1ccc(F)c(NC(=O)Cc2cccc(F)c2)c1. The van der Waals surface area contributed by atoms with Crippen molar-refractivity contribution in [3.05, 3.63) is 59.7 Å². The van der Waals surface area contributed by atoms with Crippen LogP contribution in [0.1, 0.15) is 12.5 Å². The van der Waals surface area contributed by atoms with Gasteiger partial charge in [-0.05, 0) is 35.9 Å². The quantitative estimate of drug-likeness (QED) is 0.912. The number of benzene rings is 2. The molecular weight excluding hydrogens is 290 g/mol. The summed E-state index contributed by atoms with van der Waals surface area (Å²) in [6.45, 7) is 1.32. The Labute approximate surface area is 126 Å². The van der Waals surface area contributed by atoms with Gasteiger partial charge in [0.05, 0.1) is 12.1 Å². The summed E-state index contributed by atoms with van der Waals surface area (Å²) in [5.74, 6) is -1.85. The summed E-state index contributed by atoms with van der Waals surface area (Å²) in [6, 6.07) is 9.46. The van der Waals surface area contributed by atoms with E-state index < -0.39 is 17.5 Å². The number of halogens is 2. The lowest BCUT2D eigenvalue weighted by molar-refractivity contribution is -0.116. The van der Waals surface area contributed by atoms with Gasteiger partial charge in [-0.3, -0.25) is 9.59 Å². The molecule has 0 aliphatic rings. The second-order valence-electron chi connectivity index (χ2n) is 4.73. The van der Waals surface area contributed by atoms with Crippen LogP contribution in [0.25, 0.3) is 0 Å². The highest BCUT2D eigenvalue weighted by Gasteiger charge is 2.10. The van der Waals surface area contributed by atoms with Crippen LogP contribution < -0.4 is 10.6 Å². The Balaban J connectivity index is 2.09. The number of amides is 2. The normalized spacial score (nSPS) is 10.1. The predicted octanol–water partition coefficient (Wildman–Crippen LogP) is 3.10. The Morgan fingerprint density at radius 2 is 1.82 bits per heavy atom. The van der Waals surface area contributed by atoms with Crippen molar-refractivity contribution in [2.75, 3.05) is 10.6 Å². The largest absolute Gasteiger partial charge is 0.326 e. The molecule has 6 heteroatoms. The number of rotatable bonds is 4. The standard InChI is InChI=1S/C16H14F2N2O2/c1-10(21)19-13-5-6-14(18)15(9-13)20-16(22)8-11-3-2-4-12(17)7-11/h2-7,9H,8H2,1H3,(H,19,21)(H,20,22). The van der Waals surface area contributed by atoms with Crippen molar-refractivity contribution in [1.29, 1.82) is 0 Å². The molecule has 2 amide bonds. The summed E-state index contributed by atoms with van der Waals surface area (Å²) in [4.78, 5) is 22.9. The van der Waals surface area contributed by atoms with Crippen molar-refractivity contribution in [2.24, 2.45) is 0 Å². The van der Waals surface area contributed by atoms with Gasteiger partial charge in [0, 0.05) is 12.6 Å². The molecule has 22 heavy (non-hydrogen) atoms. The number of carbonyl (C=O) groups is 2. The molecule has 0 fully saturated rings. The highest BCUT2D eigenvalue weighted by atomic mass is 19.1. The number of carbonyl (C=O) groups excluding carboxylic acids is 2. The topological polar surface area (TPSA) is 58.2 Å². The Kier molecular flexibility index (Phi) is 4.83. The molecule has 0 saturated heterocycles. The van der Waals surface area contributed by atoms with E-state index in [1.807, 2.05) is 0 Å². The van der Waals surface area contributed by atoms with Gasteiger partial charge in [0.2, 0.25) is 11.8 Å². The van der Waals surface area contributed by atoms with E-state index in [1.54, 1.807) is 6.07 Å². The van der Waals surface area contributed by atoms with Crippen LogP contribution in [0.3, 0.4) is 0 Å². The van der Waals surface area contributed by atoms with Crippen LogP contribution in [-0.4, -0.2) is 11.8 Å². The van der Waals surface area contributed by atoms with Crippen molar-refractivity contribution in [3.63, 3.8) is 0 Å². The third kappa shape index (κ3) is 4.37. The van der Waals surface area contributed by atoms with Gasteiger partial charge in [-0.2, -0.15) is 0 Å². The summed E-state index contributed by atoms with van der Waals surface area (Å²) in [5, 5.41) is 4.90. The molecule has 0 spiro atoms. The van der Waals surface area contributed by atoms with Crippen LogP contribution in [0, 0.1) is 11.6 Å². The van der Waals surface area contributed by atoms with Gasteiger partial charge >= 0.3 is 0 Å². The predicted molar refractivity (Wildman–Crippen MR) is 79.4 cm³/mol. The van der Waals surface area contributed by atoms with Gasteiger partial charge in [0.15, 0.2) is 0 Å². The molecular formula is C16H14F2N2O2. The number of hydrogen-bond donors (Lipinski definition) is 2. The molecule has 0 unspecified atom stereocenters. The molecule has 2 aromatic carbocycles. The zero-order valence-corrected chi connectivity index (χ0v) is 11.8. The smallest absolute Gasteiger partial charge is 0.228 e. The molecule has 4 nitrogen and oxygen atoms in total. The van der Waals surface area contributed by atoms with Gasteiger partial charge in [-0.1, -0.05) is 12.1 Å². The molecule has 2 N–H and O–H groups in total. The van der Waals surface area contributed by atoms with E-state index in [0.29, 0.717) is 11.3 Å². The first-order valence-electron chi connectivity index (χ1n) is 6.55.